The van der Waals surface area contributed by atoms with Gasteiger partial charge in [-0.2, -0.15) is 0 Å². The Kier molecular flexibility index (Phi) is 5.19. The number of urea groups is 1. The van der Waals surface area contributed by atoms with Crippen LogP contribution in [0, 0.1) is 0 Å². The lowest BCUT2D eigenvalue weighted by atomic mass is 10.2. The normalized spacial score (nSPS) is 13.7. The molecule has 0 radical (unpaired) electrons. The molecule has 4 N–H and O–H groups in total. The summed E-state index contributed by atoms with van der Waals surface area (Å²) in [5, 5.41) is 22.5. The molecule has 0 aliphatic heterocycles. The summed E-state index contributed by atoms with van der Waals surface area (Å²) in [6, 6.07) is 2.72. The molecule has 0 aliphatic carbocycles. The molecular formula is C11H16N2O5. The third kappa shape index (κ3) is 4.46. The van der Waals surface area contributed by atoms with Crippen LogP contribution in [0.1, 0.15) is 25.1 Å². The van der Waals surface area contributed by atoms with Gasteiger partial charge >= 0.3 is 12.0 Å². The Balaban J connectivity index is 2.24. The zero-order valence-electron chi connectivity index (χ0n) is 9.92. The van der Waals surface area contributed by atoms with E-state index in [1.807, 2.05) is 0 Å². The fourth-order valence-electron chi connectivity index (χ4n) is 1.30. The van der Waals surface area contributed by atoms with E-state index in [9.17, 15) is 9.59 Å². The maximum absolute atomic E-state index is 11.4. The van der Waals surface area contributed by atoms with Gasteiger partial charge in [-0.25, -0.2) is 9.59 Å². The van der Waals surface area contributed by atoms with Crippen molar-refractivity contribution in [3.05, 3.63) is 24.2 Å². The number of hydrogen-bond acceptors (Lipinski definition) is 4. The second kappa shape index (κ2) is 6.65. The molecular weight excluding hydrogens is 240 g/mol. The first-order valence-electron chi connectivity index (χ1n) is 5.49. The molecule has 1 heterocycles. The van der Waals surface area contributed by atoms with Crippen LogP contribution < -0.4 is 10.6 Å². The van der Waals surface area contributed by atoms with Crippen LogP contribution in [-0.2, 0) is 4.79 Å². The van der Waals surface area contributed by atoms with Crippen LogP contribution in [0.4, 0.5) is 4.79 Å². The number of nitrogens with one attached hydrogen (secondary N) is 2. The molecule has 0 spiro atoms. The zero-order valence-corrected chi connectivity index (χ0v) is 9.92. The van der Waals surface area contributed by atoms with E-state index < -0.39 is 18.1 Å². The SMILES string of the molecule is CC(NC(=O)NCCC(O)C(=O)O)c1ccco1. The second-order valence-electron chi connectivity index (χ2n) is 3.78. The first-order chi connectivity index (χ1) is 8.50. The fraction of sp³-hybridized carbons (Fsp3) is 0.455. The molecule has 1 aromatic rings. The monoisotopic (exact) mass is 256 g/mol. The lowest BCUT2D eigenvalue weighted by molar-refractivity contribution is -0.146. The highest BCUT2D eigenvalue weighted by Crippen LogP contribution is 2.11. The van der Waals surface area contributed by atoms with Crippen LogP contribution in [-0.4, -0.2) is 34.9 Å². The van der Waals surface area contributed by atoms with E-state index in [-0.39, 0.29) is 19.0 Å². The number of carboxylic acid groups (broad SMARTS) is 1. The molecule has 0 saturated heterocycles. The van der Waals surface area contributed by atoms with E-state index in [2.05, 4.69) is 10.6 Å². The van der Waals surface area contributed by atoms with Gasteiger partial charge in [-0.05, 0) is 19.1 Å². The Hall–Kier alpha value is -2.02. The first-order valence-corrected chi connectivity index (χ1v) is 5.49. The summed E-state index contributed by atoms with van der Waals surface area (Å²) < 4.78 is 5.11. The molecule has 2 unspecified atom stereocenters. The molecule has 7 heteroatoms. The van der Waals surface area contributed by atoms with Gasteiger partial charge in [0, 0.05) is 13.0 Å². The number of aliphatic hydroxyl groups excluding tert-OH is 1. The van der Waals surface area contributed by atoms with Gasteiger partial charge in [-0.1, -0.05) is 0 Å². The van der Waals surface area contributed by atoms with Gasteiger partial charge < -0.3 is 25.3 Å². The number of furan rings is 1. The molecule has 2 amide bonds. The molecule has 0 aromatic carbocycles. The molecule has 0 saturated carbocycles. The quantitative estimate of drug-likeness (QED) is 0.591. The lowest BCUT2D eigenvalue weighted by Gasteiger charge is -2.13. The number of rotatable bonds is 6. The average molecular weight is 256 g/mol. The van der Waals surface area contributed by atoms with Gasteiger partial charge in [0.2, 0.25) is 0 Å². The summed E-state index contributed by atoms with van der Waals surface area (Å²) in [5.74, 6) is -0.683. The van der Waals surface area contributed by atoms with Gasteiger partial charge in [-0.15, -0.1) is 0 Å². The van der Waals surface area contributed by atoms with E-state index in [1.54, 1.807) is 19.1 Å². The minimum absolute atomic E-state index is 0.0438. The smallest absolute Gasteiger partial charge is 0.332 e. The van der Waals surface area contributed by atoms with Crippen molar-refractivity contribution >= 4 is 12.0 Å². The van der Waals surface area contributed by atoms with Gasteiger partial charge in [-0.3, -0.25) is 0 Å². The summed E-state index contributed by atoms with van der Waals surface area (Å²) in [6.07, 6.45) is -0.000199. The summed E-state index contributed by atoms with van der Waals surface area (Å²) >= 11 is 0. The van der Waals surface area contributed by atoms with Crippen molar-refractivity contribution < 1.29 is 24.2 Å². The maximum Gasteiger partial charge on any atom is 0.332 e. The Morgan fingerprint density at radius 1 is 1.50 bits per heavy atom. The van der Waals surface area contributed by atoms with Crippen molar-refractivity contribution in [2.24, 2.45) is 0 Å². The summed E-state index contributed by atoms with van der Waals surface area (Å²) in [4.78, 5) is 21.7. The van der Waals surface area contributed by atoms with Crippen molar-refractivity contribution in [2.75, 3.05) is 6.54 Å². The minimum Gasteiger partial charge on any atom is -0.479 e. The van der Waals surface area contributed by atoms with E-state index in [0.717, 1.165) is 0 Å². The largest absolute Gasteiger partial charge is 0.479 e. The molecule has 100 valence electrons. The standard InChI is InChI=1S/C11H16N2O5/c1-7(9-3-2-6-18-9)13-11(17)12-5-4-8(14)10(15)16/h2-3,6-8,14H,4-5H2,1H3,(H,15,16)(H2,12,13,17). The zero-order chi connectivity index (χ0) is 13.5. The van der Waals surface area contributed by atoms with Crippen LogP contribution in [0.2, 0.25) is 0 Å². The van der Waals surface area contributed by atoms with Crippen molar-refractivity contribution in [3.8, 4) is 0 Å². The molecule has 0 aliphatic rings. The highest BCUT2D eigenvalue weighted by Gasteiger charge is 2.14. The first kappa shape index (κ1) is 14.0. The van der Waals surface area contributed by atoms with Gasteiger partial charge in [0.1, 0.15) is 5.76 Å². The van der Waals surface area contributed by atoms with E-state index in [1.165, 1.54) is 6.26 Å². The van der Waals surface area contributed by atoms with Gasteiger partial charge in [0.25, 0.3) is 0 Å². The van der Waals surface area contributed by atoms with E-state index in [0.29, 0.717) is 5.76 Å². The Morgan fingerprint density at radius 3 is 2.78 bits per heavy atom. The number of hydrogen-bond donors (Lipinski definition) is 4. The highest BCUT2D eigenvalue weighted by molar-refractivity contribution is 5.74. The summed E-state index contributed by atoms with van der Waals surface area (Å²) in [7, 11) is 0. The third-order valence-corrected chi connectivity index (χ3v) is 2.31. The van der Waals surface area contributed by atoms with Crippen LogP contribution in [0.15, 0.2) is 22.8 Å². The molecule has 2 atom stereocenters. The molecule has 0 fully saturated rings. The molecule has 1 rings (SSSR count). The predicted octanol–water partition coefficient (Wildman–Crippen LogP) is 0.475. The number of carbonyl (C=O) groups is 2. The second-order valence-corrected chi connectivity index (χ2v) is 3.78. The van der Waals surface area contributed by atoms with Crippen molar-refractivity contribution in [1.29, 1.82) is 0 Å². The average Bonchev–Trinajstić information content (AvgIpc) is 2.81. The molecule has 0 bridgehead atoms. The Labute approximate surface area is 104 Å². The third-order valence-electron chi connectivity index (χ3n) is 2.31. The molecule has 7 nitrogen and oxygen atoms in total. The van der Waals surface area contributed by atoms with Crippen LogP contribution >= 0.6 is 0 Å². The van der Waals surface area contributed by atoms with Gasteiger partial charge in [0.15, 0.2) is 6.10 Å². The van der Waals surface area contributed by atoms with Crippen molar-refractivity contribution in [1.82, 2.24) is 10.6 Å². The highest BCUT2D eigenvalue weighted by atomic mass is 16.4. The van der Waals surface area contributed by atoms with Crippen LogP contribution in [0.25, 0.3) is 0 Å². The number of aliphatic hydroxyl groups is 1. The number of carbonyl (C=O) groups excluding carboxylic acids is 1. The minimum atomic E-state index is -1.47. The van der Waals surface area contributed by atoms with E-state index >= 15 is 0 Å². The molecule has 1 aromatic heterocycles. The number of aliphatic carboxylic acids is 1. The summed E-state index contributed by atoms with van der Waals surface area (Å²) in [5.41, 5.74) is 0. The molecule has 18 heavy (non-hydrogen) atoms. The topological polar surface area (TPSA) is 112 Å². The fourth-order valence-corrected chi connectivity index (χ4v) is 1.30. The number of amides is 2. The van der Waals surface area contributed by atoms with Crippen molar-refractivity contribution in [2.45, 2.75) is 25.5 Å². The van der Waals surface area contributed by atoms with Crippen LogP contribution in [0.5, 0.6) is 0 Å². The number of carboxylic acids is 1. The Morgan fingerprint density at radius 2 is 2.22 bits per heavy atom. The summed E-state index contributed by atoms with van der Waals surface area (Å²) in [6.45, 7) is 1.83. The Bertz CT molecular complexity index is 390. The lowest BCUT2D eigenvalue weighted by Crippen LogP contribution is -2.38. The van der Waals surface area contributed by atoms with Crippen molar-refractivity contribution in [3.63, 3.8) is 0 Å². The van der Waals surface area contributed by atoms with Crippen LogP contribution in [0.3, 0.4) is 0 Å². The predicted molar refractivity (Wildman–Crippen MR) is 61.9 cm³/mol. The van der Waals surface area contributed by atoms with E-state index in [4.69, 9.17) is 14.6 Å². The maximum atomic E-state index is 11.4. The van der Waals surface area contributed by atoms with Gasteiger partial charge in [0.05, 0.1) is 12.3 Å².